The molecule has 126 valence electrons. The molecule has 0 radical (unpaired) electrons. The van der Waals surface area contributed by atoms with Crippen LogP contribution in [0.1, 0.15) is 71.3 Å². The van der Waals surface area contributed by atoms with E-state index in [-0.39, 0.29) is 0 Å². The summed E-state index contributed by atoms with van der Waals surface area (Å²) in [7, 11) is 0. The highest BCUT2D eigenvalue weighted by Crippen LogP contribution is 2.22. The van der Waals surface area contributed by atoms with Crippen molar-refractivity contribution in [1.29, 1.82) is 0 Å². The molecule has 0 unspecified atom stereocenters. The van der Waals surface area contributed by atoms with Crippen LogP contribution >= 0.6 is 0 Å². The lowest BCUT2D eigenvalue weighted by atomic mass is 9.99. The van der Waals surface area contributed by atoms with Gasteiger partial charge in [0, 0.05) is 25.1 Å². The third-order valence-electron chi connectivity index (χ3n) is 3.73. The number of nitrogens with zero attached hydrogens (tertiary/aromatic N) is 2. The SMILES string of the molecule is CCNC(=NCc1cc(C(CC)CC)no1)NCCC(C)C. The van der Waals surface area contributed by atoms with Crippen LogP contribution in [0.3, 0.4) is 0 Å². The van der Waals surface area contributed by atoms with E-state index in [2.05, 4.69) is 55.4 Å². The first-order valence-corrected chi connectivity index (χ1v) is 8.58. The van der Waals surface area contributed by atoms with Gasteiger partial charge in [-0.3, -0.25) is 0 Å². The fraction of sp³-hybridized carbons (Fsp3) is 0.765. The first-order valence-electron chi connectivity index (χ1n) is 8.58. The molecule has 1 heterocycles. The molecule has 1 aromatic heterocycles. The lowest BCUT2D eigenvalue weighted by Gasteiger charge is -2.11. The molecule has 1 rings (SSSR count). The van der Waals surface area contributed by atoms with E-state index >= 15 is 0 Å². The lowest BCUT2D eigenvalue weighted by molar-refractivity contribution is 0.372. The van der Waals surface area contributed by atoms with E-state index < -0.39 is 0 Å². The van der Waals surface area contributed by atoms with Crippen LogP contribution in [0.5, 0.6) is 0 Å². The Labute approximate surface area is 135 Å². The highest BCUT2D eigenvalue weighted by Gasteiger charge is 2.12. The molecular weight excluding hydrogens is 276 g/mol. The Hall–Kier alpha value is -1.52. The quantitative estimate of drug-likeness (QED) is 0.539. The molecule has 0 aliphatic heterocycles. The summed E-state index contributed by atoms with van der Waals surface area (Å²) in [6, 6.07) is 2.04. The first kappa shape index (κ1) is 18.5. The van der Waals surface area contributed by atoms with Gasteiger partial charge in [0.1, 0.15) is 6.54 Å². The van der Waals surface area contributed by atoms with Crippen LogP contribution in [0.2, 0.25) is 0 Å². The maximum atomic E-state index is 5.41. The number of hydrogen-bond donors (Lipinski definition) is 2. The third kappa shape index (κ3) is 6.50. The van der Waals surface area contributed by atoms with Gasteiger partial charge in [0.25, 0.3) is 0 Å². The predicted octanol–water partition coefficient (Wildman–Crippen LogP) is 3.68. The molecule has 0 aliphatic rings. The molecule has 0 spiro atoms. The van der Waals surface area contributed by atoms with Gasteiger partial charge < -0.3 is 15.2 Å². The minimum absolute atomic E-state index is 0.485. The molecule has 0 saturated carbocycles. The molecule has 0 fully saturated rings. The molecule has 0 aliphatic carbocycles. The van der Waals surface area contributed by atoms with Gasteiger partial charge in [-0.15, -0.1) is 0 Å². The van der Waals surface area contributed by atoms with Crippen molar-refractivity contribution in [1.82, 2.24) is 15.8 Å². The Kier molecular flexibility index (Phi) is 8.63. The van der Waals surface area contributed by atoms with E-state index in [1.54, 1.807) is 0 Å². The van der Waals surface area contributed by atoms with Gasteiger partial charge in [0.15, 0.2) is 11.7 Å². The monoisotopic (exact) mass is 308 g/mol. The van der Waals surface area contributed by atoms with E-state index in [9.17, 15) is 0 Å². The van der Waals surface area contributed by atoms with E-state index in [1.807, 2.05) is 6.07 Å². The molecule has 5 heteroatoms. The Morgan fingerprint density at radius 3 is 2.55 bits per heavy atom. The highest BCUT2D eigenvalue weighted by atomic mass is 16.5. The van der Waals surface area contributed by atoms with Crippen molar-refractivity contribution < 1.29 is 4.52 Å². The second-order valence-electron chi connectivity index (χ2n) is 6.04. The maximum absolute atomic E-state index is 5.41. The number of aromatic nitrogens is 1. The Morgan fingerprint density at radius 1 is 1.23 bits per heavy atom. The minimum atomic E-state index is 0.485. The van der Waals surface area contributed by atoms with Crippen molar-refractivity contribution in [3.8, 4) is 0 Å². The summed E-state index contributed by atoms with van der Waals surface area (Å²) in [4.78, 5) is 4.57. The molecular formula is C17H32N4O. The molecule has 0 atom stereocenters. The molecule has 0 amide bonds. The summed E-state index contributed by atoms with van der Waals surface area (Å²) in [5, 5.41) is 10.8. The topological polar surface area (TPSA) is 62.5 Å². The summed E-state index contributed by atoms with van der Waals surface area (Å²) < 4.78 is 5.41. The molecule has 2 N–H and O–H groups in total. The van der Waals surface area contributed by atoms with Crippen LogP contribution in [-0.4, -0.2) is 24.2 Å². The molecule has 5 nitrogen and oxygen atoms in total. The van der Waals surface area contributed by atoms with E-state index in [4.69, 9.17) is 4.52 Å². The number of rotatable bonds is 9. The molecule has 1 aromatic rings. The van der Waals surface area contributed by atoms with Crippen LogP contribution in [0, 0.1) is 5.92 Å². The fourth-order valence-corrected chi connectivity index (χ4v) is 2.28. The van der Waals surface area contributed by atoms with Gasteiger partial charge in [-0.25, -0.2) is 4.99 Å². The standard InChI is InChI=1S/C17H32N4O/c1-6-14(7-2)16-11-15(22-21-16)12-20-17(18-8-3)19-10-9-13(4)5/h11,13-14H,6-10,12H2,1-5H3,(H2,18,19,20). The van der Waals surface area contributed by atoms with Crippen molar-refractivity contribution >= 4 is 5.96 Å². The van der Waals surface area contributed by atoms with Gasteiger partial charge >= 0.3 is 0 Å². The van der Waals surface area contributed by atoms with E-state index in [0.29, 0.717) is 18.4 Å². The Balaban J connectivity index is 2.58. The summed E-state index contributed by atoms with van der Waals surface area (Å²) in [6.45, 7) is 13.2. The first-order chi connectivity index (χ1) is 10.6. The van der Waals surface area contributed by atoms with Gasteiger partial charge in [-0.1, -0.05) is 32.9 Å². The maximum Gasteiger partial charge on any atom is 0.191 e. The van der Waals surface area contributed by atoms with Gasteiger partial charge in [0.2, 0.25) is 0 Å². The lowest BCUT2D eigenvalue weighted by Crippen LogP contribution is -2.38. The van der Waals surface area contributed by atoms with Crippen molar-refractivity contribution in [2.45, 2.75) is 66.3 Å². The van der Waals surface area contributed by atoms with E-state index in [0.717, 1.165) is 49.8 Å². The highest BCUT2D eigenvalue weighted by molar-refractivity contribution is 5.79. The summed E-state index contributed by atoms with van der Waals surface area (Å²) >= 11 is 0. The van der Waals surface area contributed by atoms with Crippen molar-refractivity contribution in [2.75, 3.05) is 13.1 Å². The average molecular weight is 308 g/mol. The van der Waals surface area contributed by atoms with Crippen molar-refractivity contribution in [2.24, 2.45) is 10.9 Å². The van der Waals surface area contributed by atoms with Crippen molar-refractivity contribution in [3.05, 3.63) is 17.5 Å². The zero-order valence-electron chi connectivity index (χ0n) is 14.8. The fourth-order valence-electron chi connectivity index (χ4n) is 2.28. The predicted molar refractivity (Wildman–Crippen MR) is 92.1 cm³/mol. The largest absolute Gasteiger partial charge is 0.359 e. The van der Waals surface area contributed by atoms with Crippen LogP contribution in [-0.2, 0) is 6.54 Å². The van der Waals surface area contributed by atoms with Gasteiger partial charge in [-0.05, 0) is 32.1 Å². The Morgan fingerprint density at radius 2 is 1.95 bits per heavy atom. The van der Waals surface area contributed by atoms with Gasteiger partial charge in [0.05, 0.1) is 5.69 Å². The van der Waals surface area contributed by atoms with Crippen LogP contribution in [0.4, 0.5) is 0 Å². The van der Waals surface area contributed by atoms with E-state index in [1.165, 1.54) is 0 Å². The van der Waals surface area contributed by atoms with Gasteiger partial charge in [-0.2, -0.15) is 0 Å². The number of hydrogen-bond acceptors (Lipinski definition) is 3. The summed E-state index contributed by atoms with van der Waals surface area (Å²) in [5.41, 5.74) is 1.05. The van der Waals surface area contributed by atoms with Crippen LogP contribution < -0.4 is 10.6 Å². The van der Waals surface area contributed by atoms with Crippen LogP contribution in [0.15, 0.2) is 15.6 Å². The smallest absolute Gasteiger partial charge is 0.191 e. The summed E-state index contributed by atoms with van der Waals surface area (Å²) in [5.74, 6) is 2.83. The normalized spacial score (nSPS) is 12.2. The number of guanidine groups is 1. The third-order valence-corrected chi connectivity index (χ3v) is 3.73. The molecule has 22 heavy (non-hydrogen) atoms. The number of nitrogens with one attached hydrogen (secondary N) is 2. The average Bonchev–Trinajstić information content (AvgIpc) is 2.94. The molecule has 0 bridgehead atoms. The minimum Gasteiger partial charge on any atom is -0.359 e. The van der Waals surface area contributed by atoms with Crippen molar-refractivity contribution in [3.63, 3.8) is 0 Å². The summed E-state index contributed by atoms with van der Waals surface area (Å²) in [6.07, 6.45) is 3.31. The molecule has 0 saturated heterocycles. The second kappa shape index (κ2) is 10.2. The Bertz CT molecular complexity index is 436. The zero-order valence-corrected chi connectivity index (χ0v) is 14.8. The molecule has 0 aromatic carbocycles. The number of aliphatic imine (C=N–C) groups is 1. The second-order valence-corrected chi connectivity index (χ2v) is 6.04. The van der Waals surface area contributed by atoms with Crippen LogP contribution in [0.25, 0.3) is 0 Å². The zero-order chi connectivity index (χ0) is 16.4.